The molecule has 0 aromatic carbocycles. The zero-order valence-corrected chi connectivity index (χ0v) is 12.9. The predicted octanol–water partition coefficient (Wildman–Crippen LogP) is 0.591. The highest BCUT2D eigenvalue weighted by Crippen LogP contribution is 2.11. The first-order valence-electron chi connectivity index (χ1n) is 6.86. The molecule has 0 radical (unpaired) electrons. The summed E-state index contributed by atoms with van der Waals surface area (Å²) in [6.45, 7) is 6.27. The molecule has 0 spiro atoms. The standard InChI is InChI=1S/C13H22N4O2S/c1-3-14-13-6-4-5-12(15-13)11-16-7-9-17(10-8-16)20(2,18)19/h4-6H,3,7-11H2,1-2H3,(H,14,15). The van der Waals surface area contributed by atoms with Gasteiger partial charge in [-0.2, -0.15) is 4.31 Å². The SMILES string of the molecule is CCNc1cccc(CN2CCN(S(C)(=O)=O)CC2)n1. The Labute approximate surface area is 120 Å². The normalized spacial score (nSPS) is 18.1. The van der Waals surface area contributed by atoms with Gasteiger partial charge in [0, 0.05) is 39.3 Å². The largest absolute Gasteiger partial charge is 0.370 e. The van der Waals surface area contributed by atoms with Crippen molar-refractivity contribution in [2.45, 2.75) is 13.5 Å². The second kappa shape index (κ2) is 6.51. The minimum Gasteiger partial charge on any atom is -0.370 e. The van der Waals surface area contributed by atoms with Crippen LogP contribution in [0.4, 0.5) is 5.82 Å². The third-order valence-corrected chi connectivity index (χ3v) is 4.65. The lowest BCUT2D eigenvalue weighted by molar-refractivity contribution is 0.180. The van der Waals surface area contributed by atoms with E-state index in [1.807, 2.05) is 25.1 Å². The lowest BCUT2D eigenvalue weighted by atomic mass is 10.3. The van der Waals surface area contributed by atoms with Crippen LogP contribution in [0.15, 0.2) is 18.2 Å². The van der Waals surface area contributed by atoms with Gasteiger partial charge in [0.25, 0.3) is 0 Å². The lowest BCUT2D eigenvalue weighted by Gasteiger charge is -2.32. The third kappa shape index (κ3) is 4.16. The van der Waals surface area contributed by atoms with E-state index in [1.165, 1.54) is 10.6 Å². The average molecular weight is 298 g/mol. The summed E-state index contributed by atoms with van der Waals surface area (Å²) in [5.74, 6) is 0.889. The van der Waals surface area contributed by atoms with Crippen molar-refractivity contribution in [1.82, 2.24) is 14.2 Å². The number of sulfonamides is 1. The maximum absolute atomic E-state index is 11.5. The molecule has 1 saturated heterocycles. The molecule has 1 aromatic heterocycles. The molecule has 2 heterocycles. The van der Waals surface area contributed by atoms with Gasteiger partial charge in [0.05, 0.1) is 11.9 Å². The first-order valence-corrected chi connectivity index (χ1v) is 8.71. The number of aromatic nitrogens is 1. The Hall–Kier alpha value is -1.18. The quantitative estimate of drug-likeness (QED) is 0.862. The van der Waals surface area contributed by atoms with Crippen LogP contribution in [0, 0.1) is 0 Å². The summed E-state index contributed by atoms with van der Waals surface area (Å²) in [7, 11) is -3.06. The minimum absolute atomic E-state index is 0.561. The zero-order valence-electron chi connectivity index (χ0n) is 12.0. The first-order chi connectivity index (χ1) is 9.49. The molecular weight excluding hydrogens is 276 g/mol. The van der Waals surface area contributed by atoms with Gasteiger partial charge in [-0.05, 0) is 19.1 Å². The van der Waals surface area contributed by atoms with Crippen LogP contribution in [0.5, 0.6) is 0 Å². The van der Waals surface area contributed by atoms with Crippen molar-refractivity contribution in [3.63, 3.8) is 0 Å². The number of piperazine rings is 1. The van der Waals surface area contributed by atoms with Gasteiger partial charge in [0.2, 0.25) is 10.0 Å². The van der Waals surface area contributed by atoms with E-state index < -0.39 is 10.0 Å². The molecule has 0 unspecified atom stereocenters. The Morgan fingerprint density at radius 2 is 1.95 bits per heavy atom. The lowest BCUT2D eigenvalue weighted by Crippen LogP contribution is -2.47. The van der Waals surface area contributed by atoms with E-state index in [0.29, 0.717) is 13.1 Å². The van der Waals surface area contributed by atoms with Gasteiger partial charge in [0.1, 0.15) is 5.82 Å². The van der Waals surface area contributed by atoms with Crippen molar-refractivity contribution in [2.24, 2.45) is 0 Å². The molecular formula is C13H22N4O2S. The van der Waals surface area contributed by atoms with Gasteiger partial charge >= 0.3 is 0 Å². The summed E-state index contributed by atoms with van der Waals surface area (Å²) in [6.07, 6.45) is 1.27. The van der Waals surface area contributed by atoms with E-state index in [9.17, 15) is 8.42 Å². The smallest absolute Gasteiger partial charge is 0.211 e. The molecule has 1 aliphatic rings. The van der Waals surface area contributed by atoms with Crippen LogP contribution in [0.25, 0.3) is 0 Å². The Bertz CT molecular complexity index is 539. The van der Waals surface area contributed by atoms with Gasteiger partial charge in [-0.25, -0.2) is 13.4 Å². The summed E-state index contributed by atoms with van der Waals surface area (Å²) in [4.78, 5) is 6.78. The van der Waals surface area contributed by atoms with Crippen LogP contribution in [0.2, 0.25) is 0 Å². The monoisotopic (exact) mass is 298 g/mol. The first kappa shape index (κ1) is 15.2. The van der Waals surface area contributed by atoms with Crippen LogP contribution < -0.4 is 5.32 Å². The predicted molar refractivity (Wildman–Crippen MR) is 80.1 cm³/mol. The van der Waals surface area contributed by atoms with E-state index >= 15 is 0 Å². The summed E-state index contributed by atoms with van der Waals surface area (Å²) in [5, 5.41) is 3.19. The molecule has 0 amide bonds. The van der Waals surface area contributed by atoms with Crippen molar-refractivity contribution >= 4 is 15.8 Å². The van der Waals surface area contributed by atoms with Crippen LogP contribution in [-0.4, -0.2) is 61.6 Å². The highest BCUT2D eigenvalue weighted by atomic mass is 32.2. The third-order valence-electron chi connectivity index (χ3n) is 3.35. The van der Waals surface area contributed by atoms with Crippen LogP contribution in [-0.2, 0) is 16.6 Å². The number of hydrogen-bond donors (Lipinski definition) is 1. The average Bonchev–Trinajstić information content (AvgIpc) is 2.39. The maximum Gasteiger partial charge on any atom is 0.211 e. The number of rotatable bonds is 5. The Morgan fingerprint density at radius 1 is 1.25 bits per heavy atom. The van der Waals surface area contributed by atoms with E-state index in [1.54, 1.807) is 0 Å². The van der Waals surface area contributed by atoms with E-state index in [2.05, 4.69) is 15.2 Å². The molecule has 112 valence electrons. The summed E-state index contributed by atoms with van der Waals surface area (Å²) in [5.41, 5.74) is 1.01. The van der Waals surface area contributed by atoms with Crippen molar-refractivity contribution < 1.29 is 8.42 Å². The molecule has 6 nitrogen and oxygen atoms in total. The molecule has 7 heteroatoms. The molecule has 0 saturated carbocycles. The second-order valence-corrected chi connectivity index (χ2v) is 6.97. The number of hydrogen-bond acceptors (Lipinski definition) is 5. The van der Waals surface area contributed by atoms with Crippen molar-refractivity contribution in [3.8, 4) is 0 Å². The molecule has 0 aliphatic carbocycles. The maximum atomic E-state index is 11.5. The van der Waals surface area contributed by atoms with Gasteiger partial charge in [-0.1, -0.05) is 6.07 Å². The summed E-state index contributed by atoms with van der Waals surface area (Å²) >= 11 is 0. The van der Waals surface area contributed by atoms with Gasteiger partial charge in [-0.15, -0.1) is 0 Å². The number of nitrogens with zero attached hydrogens (tertiary/aromatic N) is 3. The highest BCUT2D eigenvalue weighted by molar-refractivity contribution is 7.88. The zero-order chi connectivity index (χ0) is 14.6. The summed E-state index contributed by atoms with van der Waals surface area (Å²) in [6, 6.07) is 5.95. The summed E-state index contributed by atoms with van der Waals surface area (Å²) < 4.78 is 24.4. The van der Waals surface area contributed by atoms with E-state index in [-0.39, 0.29) is 0 Å². The number of anilines is 1. The highest BCUT2D eigenvalue weighted by Gasteiger charge is 2.23. The molecule has 1 N–H and O–H groups in total. The second-order valence-electron chi connectivity index (χ2n) is 4.98. The fourth-order valence-electron chi connectivity index (χ4n) is 2.30. The number of nitrogens with one attached hydrogen (secondary N) is 1. The van der Waals surface area contributed by atoms with Crippen molar-refractivity contribution in [3.05, 3.63) is 23.9 Å². The minimum atomic E-state index is -3.06. The van der Waals surface area contributed by atoms with Gasteiger partial charge < -0.3 is 5.32 Å². The van der Waals surface area contributed by atoms with Gasteiger partial charge in [0.15, 0.2) is 0 Å². The van der Waals surface area contributed by atoms with Crippen molar-refractivity contribution in [1.29, 1.82) is 0 Å². The molecule has 0 atom stereocenters. The van der Waals surface area contributed by atoms with Crippen molar-refractivity contribution in [2.75, 3.05) is 44.3 Å². The Kier molecular flexibility index (Phi) is 4.95. The fourth-order valence-corrected chi connectivity index (χ4v) is 3.12. The number of pyridine rings is 1. The van der Waals surface area contributed by atoms with Crippen LogP contribution in [0.3, 0.4) is 0 Å². The fraction of sp³-hybridized carbons (Fsp3) is 0.615. The van der Waals surface area contributed by atoms with Crippen LogP contribution in [0.1, 0.15) is 12.6 Å². The topological polar surface area (TPSA) is 65.5 Å². The Balaban J connectivity index is 1.91. The molecule has 1 aromatic rings. The molecule has 1 aliphatic heterocycles. The molecule has 1 fully saturated rings. The van der Waals surface area contributed by atoms with E-state index in [0.717, 1.165) is 37.7 Å². The van der Waals surface area contributed by atoms with Gasteiger partial charge in [-0.3, -0.25) is 4.90 Å². The molecule has 20 heavy (non-hydrogen) atoms. The molecule has 0 bridgehead atoms. The molecule has 2 rings (SSSR count). The Morgan fingerprint density at radius 3 is 2.55 bits per heavy atom. The van der Waals surface area contributed by atoms with E-state index in [4.69, 9.17) is 0 Å². The van der Waals surface area contributed by atoms with Crippen LogP contribution >= 0.6 is 0 Å².